The number of hydrogen-bond donors (Lipinski definition) is 0. The van der Waals surface area contributed by atoms with Crippen LogP contribution in [0.4, 0.5) is 0 Å². The van der Waals surface area contributed by atoms with Crippen molar-refractivity contribution in [2.24, 2.45) is 0 Å². The lowest BCUT2D eigenvalue weighted by molar-refractivity contribution is 0.102. The van der Waals surface area contributed by atoms with E-state index in [4.69, 9.17) is 11.6 Å². The minimum atomic E-state index is -0.0649. The van der Waals surface area contributed by atoms with Crippen LogP contribution in [0.25, 0.3) is 0 Å². The van der Waals surface area contributed by atoms with Gasteiger partial charge in [-0.1, -0.05) is 6.07 Å². The molecule has 0 aliphatic heterocycles. The molecule has 0 atom stereocenters. The highest BCUT2D eigenvalue weighted by molar-refractivity contribution is 9.13. The maximum Gasteiger partial charge on any atom is 0.177 e. The highest BCUT2D eigenvalue weighted by Crippen LogP contribution is 2.23. The molecule has 0 radical (unpaired) electrons. The second kappa shape index (κ2) is 4.40. The number of Topliss-reactive ketones (excluding diaryl/α,β-unsaturated/α-hetero) is 1. The Morgan fingerprint density at radius 1 is 1.33 bits per heavy atom. The summed E-state index contributed by atoms with van der Waals surface area (Å²) in [6.07, 6.45) is 0. The number of benzene rings is 1. The normalized spacial score (nSPS) is 9.92. The predicted molar refractivity (Wildman–Crippen MR) is 56.9 cm³/mol. The van der Waals surface area contributed by atoms with Gasteiger partial charge in [-0.05, 0) is 44.0 Å². The van der Waals surface area contributed by atoms with Crippen LogP contribution in [0.3, 0.4) is 0 Å². The molecule has 0 unspecified atom stereocenters. The number of carbonyl (C=O) groups is 1. The number of halogens is 3. The second-order valence-electron chi connectivity index (χ2n) is 2.19. The molecule has 0 saturated carbocycles. The van der Waals surface area contributed by atoms with Crippen molar-refractivity contribution in [3.8, 4) is 0 Å². The largest absolute Gasteiger partial charge is 0.293 e. The molecule has 1 rings (SSSR count). The van der Waals surface area contributed by atoms with E-state index >= 15 is 0 Å². The minimum Gasteiger partial charge on any atom is -0.293 e. The molecule has 0 bridgehead atoms. The molecule has 0 aliphatic carbocycles. The van der Waals surface area contributed by atoms with Crippen LogP contribution < -0.4 is 0 Å². The second-order valence-corrected chi connectivity index (χ2v) is 4.16. The van der Waals surface area contributed by atoms with E-state index in [0.29, 0.717) is 5.56 Å². The van der Waals surface area contributed by atoms with E-state index in [0.717, 1.165) is 8.95 Å². The number of ketones is 1. The van der Waals surface area contributed by atoms with Crippen molar-refractivity contribution >= 4 is 49.2 Å². The quantitative estimate of drug-likeness (QED) is 0.602. The zero-order valence-electron chi connectivity index (χ0n) is 5.98. The summed E-state index contributed by atoms with van der Waals surface area (Å²) in [4.78, 5) is 11.1. The van der Waals surface area contributed by atoms with Crippen molar-refractivity contribution in [3.63, 3.8) is 0 Å². The van der Waals surface area contributed by atoms with Gasteiger partial charge in [0, 0.05) is 14.5 Å². The van der Waals surface area contributed by atoms with Gasteiger partial charge in [-0.3, -0.25) is 4.79 Å². The molecule has 12 heavy (non-hydrogen) atoms. The Balaban J connectivity index is 3.05. The third-order valence-electron chi connectivity index (χ3n) is 1.36. The molecule has 0 heterocycles. The van der Waals surface area contributed by atoms with Crippen molar-refractivity contribution in [1.82, 2.24) is 0 Å². The highest BCUT2D eigenvalue weighted by atomic mass is 79.9. The lowest BCUT2D eigenvalue weighted by Crippen LogP contribution is -1.99. The van der Waals surface area contributed by atoms with Crippen molar-refractivity contribution in [2.45, 2.75) is 0 Å². The molecule has 0 amide bonds. The van der Waals surface area contributed by atoms with Crippen molar-refractivity contribution in [1.29, 1.82) is 0 Å². The fourth-order valence-electron chi connectivity index (χ4n) is 0.747. The lowest BCUT2D eigenvalue weighted by Gasteiger charge is -1.99. The van der Waals surface area contributed by atoms with Crippen molar-refractivity contribution in [3.05, 3.63) is 32.7 Å². The fraction of sp³-hybridized carbons (Fsp3) is 0.125. The zero-order chi connectivity index (χ0) is 9.14. The Morgan fingerprint density at radius 2 is 2.00 bits per heavy atom. The van der Waals surface area contributed by atoms with Crippen LogP contribution in [0.1, 0.15) is 10.4 Å². The fourth-order valence-corrected chi connectivity index (χ4v) is 1.53. The first-order valence-corrected chi connectivity index (χ1v) is 5.31. The number of hydrogen-bond acceptors (Lipinski definition) is 1. The molecule has 0 spiro atoms. The third-order valence-corrected chi connectivity index (χ3v) is 3.49. The molecule has 0 saturated heterocycles. The van der Waals surface area contributed by atoms with Gasteiger partial charge in [0.15, 0.2) is 5.78 Å². The average Bonchev–Trinajstić information content (AvgIpc) is 2.08. The van der Waals surface area contributed by atoms with Crippen LogP contribution in [0.15, 0.2) is 27.1 Å². The van der Waals surface area contributed by atoms with E-state index in [1.165, 1.54) is 0 Å². The van der Waals surface area contributed by atoms with Gasteiger partial charge in [-0.15, -0.1) is 11.6 Å². The lowest BCUT2D eigenvalue weighted by atomic mass is 10.2. The molecular weight excluding hydrogens is 307 g/mol. The summed E-state index contributed by atoms with van der Waals surface area (Å²) in [6, 6.07) is 5.29. The molecular formula is C8H5Br2ClO. The smallest absolute Gasteiger partial charge is 0.177 e. The van der Waals surface area contributed by atoms with Crippen LogP contribution in [0.2, 0.25) is 0 Å². The monoisotopic (exact) mass is 310 g/mol. The van der Waals surface area contributed by atoms with Crippen LogP contribution in [-0.2, 0) is 0 Å². The Kier molecular flexibility index (Phi) is 3.75. The molecule has 1 aromatic rings. The van der Waals surface area contributed by atoms with Gasteiger partial charge in [-0.25, -0.2) is 0 Å². The van der Waals surface area contributed by atoms with Gasteiger partial charge in [0.05, 0.1) is 5.88 Å². The van der Waals surface area contributed by atoms with Crippen LogP contribution in [0.5, 0.6) is 0 Å². The highest BCUT2D eigenvalue weighted by Gasteiger charge is 2.05. The first-order chi connectivity index (χ1) is 5.65. The first-order valence-electron chi connectivity index (χ1n) is 3.19. The van der Waals surface area contributed by atoms with E-state index in [-0.39, 0.29) is 11.7 Å². The maximum absolute atomic E-state index is 11.1. The molecule has 0 fully saturated rings. The van der Waals surface area contributed by atoms with Crippen molar-refractivity contribution < 1.29 is 4.79 Å². The van der Waals surface area contributed by atoms with Gasteiger partial charge in [0.1, 0.15) is 0 Å². The number of rotatable bonds is 2. The Bertz CT molecular complexity index is 312. The first kappa shape index (κ1) is 10.2. The molecule has 0 aromatic heterocycles. The minimum absolute atomic E-state index is 0.0219. The third kappa shape index (κ3) is 2.31. The van der Waals surface area contributed by atoms with Crippen LogP contribution in [0, 0.1) is 0 Å². The van der Waals surface area contributed by atoms with Crippen LogP contribution >= 0.6 is 43.5 Å². The molecule has 4 heteroatoms. The Labute approximate surface area is 92.4 Å². The SMILES string of the molecule is O=C(CCl)c1ccc(Br)c(Br)c1. The van der Waals surface area contributed by atoms with E-state index in [9.17, 15) is 4.79 Å². The number of alkyl halides is 1. The Morgan fingerprint density at radius 3 is 2.50 bits per heavy atom. The van der Waals surface area contributed by atoms with Crippen LogP contribution in [-0.4, -0.2) is 11.7 Å². The molecule has 0 N–H and O–H groups in total. The molecule has 64 valence electrons. The summed E-state index contributed by atoms with van der Waals surface area (Å²) >= 11 is 12.0. The summed E-state index contributed by atoms with van der Waals surface area (Å²) in [5.74, 6) is -0.0430. The van der Waals surface area contributed by atoms with E-state index in [1.54, 1.807) is 12.1 Å². The molecule has 0 aliphatic rings. The summed E-state index contributed by atoms with van der Waals surface area (Å²) in [5.41, 5.74) is 0.625. The van der Waals surface area contributed by atoms with E-state index in [2.05, 4.69) is 31.9 Å². The van der Waals surface area contributed by atoms with E-state index < -0.39 is 0 Å². The summed E-state index contributed by atoms with van der Waals surface area (Å²) < 4.78 is 1.78. The van der Waals surface area contributed by atoms with Gasteiger partial charge < -0.3 is 0 Å². The summed E-state index contributed by atoms with van der Waals surface area (Å²) in [7, 11) is 0. The average molecular weight is 312 g/mol. The Hall–Kier alpha value is 0.140. The number of carbonyl (C=O) groups excluding carboxylic acids is 1. The van der Waals surface area contributed by atoms with Gasteiger partial charge in [0.2, 0.25) is 0 Å². The topological polar surface area (TPSA) is 17.1 Å². The van der Waals surface area contributed by atoms with Gasteiger partial charge in [0.25, 0.3) is 0 Å². The standard InChI is InChI=1S/C8H5Br2ClO/c9-6-2-1-5(3-7(6)10)8(12)4-11/h1-3H,4H2. The maximum atomic E-state index is 11.1. The van der Waals surface area contributed by atoms with E-state index in [1.807, 2.05) is 6.07 Å². The van der Waals surface area contributed by atoms with Crippen molar-refractivity contribution in [2.75, 3.05) is 5.88 Å². The predicted octanol–water partition coefficient (Wildman–Crippen LogP) is 3.63. The van der Waals surface area contributed by atoms with Gasteiger partial charge >= 0.3 is 0 Å². The molecule has 1 aromatic carbocycles. The zero-order valence-corrected chi connectivity index (χ0v) is 9.91. The summed E-state index contributed by atoms with van der Waals surface area (Å²) in [6.45, 7) is 0. The summed E-state index contributed by atoms with van der Waals surface area (Å²) in [5, 5.41) is 0. The van der Waals surface area contributed by atoms with Gasteiger partial charge in [-0.2, -0.15) is 0 Å². The molecule has 1 nitrogen and oxygen atoms in total.